The van der Waals surface area contributed by atoms with Crippen LogP contribution in [0.1, 0.15) is 12.0 Å². The number of benzene rings is 1. The molecule has 0 aliphatic heterocycles. The van der Waals surface area contributed by atoms with E-state index in [4.69, 9.17) is 10.5 Å². The number of nitrogens with one attached hydrogen (secondary N) is 3. The van der Waals surface area contributed by atoms with E-state index in [0.29, 0.717) is 17.0 Å². The summed E-state index contributed by atoms with van der Waals surface area (Å²) >= 11 is 1.43. The molecule has 0 radical (unpaired) electrons. The molecule has 0 saturated heterocycles. The SMILES string of the molecule is CSCC(NC(=O)Nc1ccc(C#N)cc1)C(=O)NCCC#N. The van der Waals surface area contributed by atoms with E-state index in [1.807, 2.05) is 18.4 Å². The molecule has 1 aromatic rings. The van der Waals surface area contributed by atoms with Crippen LogP contribution in [-0.4, -0.2) is 36.5 Å². The Hall–Kier alpha value is -2.71. The largest absolute Gasteiger partial charge is 0.353 e. The maximum atomic E-state index is 12.0. The Balaban J connectivity index is 2.57. The lowest BCUT2D eigenvalue weighted by molar-refractivity contribution is -0.122. The molecule has 0 fully saturated rings. The Morgan fingerprint density at radius 1 is 1.26 bits per heavy atom. The number of thioether (sulfide) groups is 1. The summed E-state index contributed by atoms with van der Waals surface area (Å²) in [6, 6.07) is 9.11. The summed E-state index contributed by atoms with van der Waals surface area (Å²) in [5.41, 5.74) is 1.02. The number of carbonyl (C=O) groups excluding carboxylic acids is 2. The Bertz CT molecular complexity index is 618. The summed E-state index contributed by atoms with van der Waals surface area (Å²) in [6.45, 7) is 0.249. The van der Waals surface area contributed by atoms with Crippen molar-refractivity contribution in [1.29, 1.82) is 10.5 Å². The van der Waals surface area contributed by atoms with Crippen molar-refractivity contribution in [3.63, 3.8) is 0 Å². The van der Waals surface area contributed by atoms with Crippen molar-refractivity contribution >= 4 is 29.4 Å². The van der Waals surface area contributed by atoms with Gasteiger partial charge in [-0.15, -0.1) is 0 Å². The first-order valence-electron chi connectivity index (χ1n) is 6.82. The third-order valence-corrected chi connectivity index (χ3v) is 3.43. The van der Waals surface area contributed by atoms with Crippen LogP contribution >= 0.6 is 11.8 Å². The van der Waals surface area contributed by atoms with Crippen LogP contribution in [-0.2, 0) is 4.79 Å². The van der Waals surface area contributed by atoms with Crippen molar-refractivity contribution in [2.24, 2.45) is 0 Å². The first-order valence-corrected chi connectivity index (χ1v) is 8.21. The fourth-order valence-corrected chi connectivity index (χ4v) is 2.24. The maximum Gasteiger partial charge on any atom is 0.319 e. The molecule has 1 atom stereocenters. The molecule has 8 heteroatoms. The average molecular weight is 331 g/mol. The van der Waals surface area contributed by atoms with Crippen LogP contribution in [0, 0.1) is 22.7 Å². The van der Waals surface area contributed by atoms with Crippen LogP contribution in [0.15, 0.2) is 24.3 Å². The van der Waals surface area contributed by atoms with Gasteiger partial charge in [0.15, 0.2) is 0 Å². The molecule has 3 amide bonds. The van der Waals surface area contributed by atoms with E-state index in [2.05, 4.69) is 16.0 Å². The highest BCUT2D eigenvalue weighted by atomic mass is 32.2. The van der Waals surface area contributed by atoms with Crippen LogP contribution in [0.2, 0.25) is 0 Å². The van der Waals surface area contributed by atoms with E-state index >= 15 is 0 Å². The van der Waals surface area contributed by atoms with Gasteiger partial charge in [-0.2, -0.15) is 22.3 Å². The molecule has 0 saturated carbocycles. The molecule has 0 aliphatic carbocycles. The summed E-state index contributed by atoms with van der Waals surface area (Å²) in [5, 5.41) is 25.0. The Morgan fingerprint density at radius 3 is 2.52 bits per heavy atom. The van der Waals surface area contributed by atoms with Gasteiger partial charge in [-0.1, -0.05) is 0 Å². The average Bonchev–Trinajstić information content (AvgIpc) is 2.55. The zero-order chi connectivity index (χ0) is 17.1. The van der Waals surface area contributed by atoms with Gasteiger partial charge in [0.2, 0.25) is 5.91 Å². The van der Waals surface area contributed by atoms with Crippen molar-refractivity contribution in [3.8, 4) is 12.1 Å². The minimum Gasteiger partial charge on any atom is -0.353 e. The number of hydrogen-bond acceptors (Lipinski definition) is 5. The molecule has 0 aliphatic rings. The highest BCUT2D eigenvalue weighted by Gasteiger charge is 2.19. The highest BCUT2D eigenvalue weighted by molar-refractivity contribution is 7.98. The van der Waals surface area contributed by atoms with E-state index in [1.54, 1.807) is 24.3 Å². The quantitative estimate of drug-likeness (QED) is 0.653. The fraction of sp³-hybridized carbons (Fsp3) is 0.333. The predicted molar refractivity (Wildman–Crippen MR) is 88.7 cm³/mol. The van der Waals surface area contributed by atoms with Crippen molar-refractivity contribution in [1.82, 2.24) is 10.6 Å². The number of nitrogens with zero attached hydrogens (tertiary/aromatic N) is 2. The lowest BCUT2D eigenvalue weighted by Crippen LogP contribution is -2.49. The molecule has 120 valence electrons. The summed E-state index contributed by atoms with van der Waals surface area (Å²) < 4.78 is 0. The number of hydrogen-bond donors (Lipinski definition) is 3. The van der Waals surface area contributed by atoms with Gasteiger partial charge < -0.3 is 16.0 Å². The van der Waals surface area contributed by atoms with E-state index < -0.39 is 12.1 Å². The van der Waals surface area contributed by atoms with Crippen molar-refractivity contribution in [2.45, 2.75) is 12.5 Å². The molecular formula is C15H17N5O2S. The third kappa shape index (κ3) is 6.72. The predicted octanol–water partition coefficient (Wildman–Crippen LogP) is 1.44. The van der Waals surface area contributed by atoms with Crippen molar-refractivity contribution in [3.05, 3.63) is 29.8 Å². The Labute approximate surface area is 139 Å². The topological polar surface area (TPSA) is 118 Å². The van der Waals surface area contributed by atoms with Gasteiger partial charge in [-0.25, -0.2) is 4.79 Å². The van der Waals surface area contributed by atoms with E-state index in [9.17, 15) is 9.59 Å². The zero-order valence-electron chi connectivity index (χ0n) is 12.6. The highest BCUT2D eigenvalue weighted by Crippen LogP contribution is 2.08. The normalized spacial score (nSPS) is 10.7. The molecule has 0 spiro atoms. The monoisotopic (exact) mass is 331 g/mol. The van der Waals surface area contributed by atoms with Gasteiger partial charge in [-0.05, 0) is 30.5 Å². The standard InChI is InChI=1S/C15H17N5O2S/c1-23-10-13(14(21)18-8-2-7-16)20-15(22)19-12-5-3-11(9-17)4-6-12/h3-6,13H,2,8,10H2,1H3,(H,18,21)(H2,19,20,22). The van der Waals surface area contributed by atoms with E-state index in [1.165, 1.54) is 11.8 Å². The number of amides is 3. The smallest absolute Gasteiger partial charge is 0.319 e. The van der Waals surface area contributed by atoms with Gasteiger partial charge in [0.25, 0.3) is 0 Å². The summed E-state index contributed by atoms with van der Waals surface area (Å²) in [7, 11) is 0. The van der Waals surface area contributed by atoms with E-state index in [-0.39, 0.29) is 18.9 Å². The van der Waals surface area contributed by atoms with Crippen LogP contribution in [0.25, 0.3) is 0 Å². The number of anilines is 1. The molecule has 1 unspecified atom stereocenters. The molecule has 0 aromatic heterocycles. The van der Waals surface area contributed by atoms with Gasteiger partial charge in [0.1, 0.15) is 6.04 Å². The van der Waals surface area contributed by atoms with Gasteiger partial charge >= 0.3 is 6.03 Å². The number of carbonyl (C=O) groups is 2. The summed E-state index contributed by atoms with van der Waals surface area (Å²) in [5.74, 6) is 0.0868. The van der Waals surface area contributed by atoms with Crippen LogP contribution < -0.4 is 16.0 Å². The molecule has 0 bridgehead atoms. The summed E-state index contributed by atoms with van der Waals surface area (Å²) in [4.78, 5) is 23.9. The van der Waals surface area contributed by atoms with Crippen LogP contribution in [0.4, 0.5) is 10.5 Å². The van der Waals surface area contributed by atoms with Gasteiger partial charge in [0.05, 0.1) is 24.1 Å². The van der Waals surface area contributed by atoms with Crippen LogP contribution in [0.3, 0.4) is 0 Å². The second-order valence-corrected chi connectivity index (χ2v) is 5.41. The van der Waals surface area contributed by atoms with E-state index in [0.717, 1.165) is 0 Å². The molecule has 3 N–H and O–H groups in total. The lowest BCUT2D eigenvalue weighted by Gasteiger charge is -2.17. The minimum absolute atomic E-state index is 0.217. The second kappa shape index (κ2) is 10.1. The molecule has 23 heavy (non-hydrogen) atoms. The zero-order valence-corrected chi connectivity index (χ0v) is 13.4. The fourth-order valence-electron chi connectivity index (χ4n) is 1.67. The van der Waals surface area contributed by atoms with Crippen molar-refractivity contribution in [2.75, 3.05) is 23.9 Å². The number of urea groups is 1. The Kier molecular flexibility index (Phi) is 8.04. The second-order valence-electron chi connectivity index (χ2n) is 4.49. The molecular weight excluding hydrogens is 314 g/mol. The van der Waals surface area contributed by atoms with Gasteiger partial charge in [0, 0.05) is 18.0 Å². The molecule has 7 nitrogen and oxygen atoms in total. The molecule has 0 heterocycles. The molecule has 1 rings (SSSR count). The van der Waals surface area contributed by atoms with Gasteiger partial charge in [-0.3, -0.25) is 4.79 Å². The number of rotatable bonds is 7. The molecule has 1 aromatic carbocycles. The van der Waals surface area contributed by atoms with Crippen LogP contribution in [0.5, 0.6) is 0 Å². The first kappa shape index (κ1) is 18.3. The lowest BCUT2D eigenvalue weighted by atomic mass is 10.2. The third-order valence-electron chi connectivity index (χ3n) is 2.76. The minimum atomic E-state index is -0.693. The van der Waals surface area contributed by atoms with Crippen molar-refractivity contribution < 1.29 is 9.59 Å². The maximum absolute atomic E-state index is 12.0. The first-order chi connectivity index (χ1) is 11.1. The Morgan fingerprint density at radius 2 is 1.96 bits per heavy atom. The number of nitriles is 2. The summed E-state index contributed by atoms with van der Waals surface area (Å²) in [6.07, 6.45) is 2.05.